The molecular formula is C24H24F2N2O2. The minimum Gasteiger partial charge on any atom is -0.443 e. The van der Waals surface area contributed by atoms with E-state index in [1.54, 1.807) is 32.9 Å². The first-order valence-corrected chi connectivity index (χ1v) is 9.53. The number of carbonyl (C=O) groups excluding carboxylic acids is 1. The highest BCUT2D eigenvalue weighted by Gasteiger charge is 2.26. The van der Waals surface area contributed by atoms with Gasteiger partial charge in [0, 0.05) is 11.3 Å². The van der Waals surface area contributed by atoms with Crippen LogP contribution in [0.25, 0.3) is 11.1 Å². The van der Waals surface area contributed by atoms with Crippen molar-refractivity contribution in [3.8, 4) is 11.1 Å². The van der Waals surface area contributed by atoms with Gasteiger partial charge in [-0.3, -0.25) is 4.90 Å². The van der Waals surface area contributed by atoms with Crippen LogP contribution in [0.15, 0.2) is 66.7 Å². The summed E-state index contributed by atoms with van der Waals surface area (Å²) in [6, 6.07) is 17.7. The lowest BCUT2D eigenvalue weighted by Crippen LogP contribution is -2.37. The molecule has 0 bridgehead atoms. The second-order valence-electron chi connectivity index (χ2n) is 7.95. The van der Waals surface area contributed by atoms with E-state index in [0.29, 0.717) is 11.1 Å². The van der Waals surface area contributed by atoms with Gasteiger partial charge in [-0.05, 0) is 56.2 Å². The topological polar surface area (TPSA) is 55.6 Å². The van der Waals surface area contributed by atoms with Crippen molar-refractivity contribution in [3.63, 3.8) is 0 Å². The standard InChI is InChI=1S/C24H24F2N2O2/c1-24(2,3)30-23(29)28(15-16-9-11-18(25)12-10-16)22-13-19(21(27)14-20(22)26)17-7-5-4-6-8-17/h4-14H,15,27H2,1-3H3. The van der Waals surface area contributed by atoms with E-state index in [0.717, 1.165) is 5.56 Å². The summed E-state index contributed by atoms with van der Waals surface area (Å²) >= 11 is 0. The molecule has 0 fully saturated rings. The third-order valence-electron chi connectivity index (χ3n) is 4.36. The molecule has 0 radical (unpaired) electrons. The lowest BCUT2D eigenvalue weighted by Gasteiger charge is -2.28. The van der Waals surface area contributed by atoms with Gasteiger partial charge in [-0.1, -0.05) is 42.5 Å². The van der Waals surface area contributed by atoms with Crippen molar-refractivity contribution in [2.45, 2.75) is 32.9 Å². The van der Waals surface area contributed by atoms with Crippen molar-refractivity contribution in [2.24, 2.45) is 0 Å². The van der Waals surface area contributed by atoms with Crippen molar-refractivity contribution < 1.29 is 18.3 Å². The Labute approximate surface area is 174 Å². The van der Waals surface area contributed by atoms with Gasteiger partial charge in [0.1, 0.15) is 17.2 Å². The van der Waals surface area contributed by atoms with Crippen molar-refractivity contribution in [1.29, 1.82) is 0 Å². The molecule has 156 valence electrons. The van der Waals surface area contributed by atoms with Gasteiger partial charge >= 0.3 is 6.09 Å². The number of anilines is 2. The van der Waals surface area contributed by atoms with Gasteiger partial charge in [-0.15, -0.1) is 0 Å². The Balaban J connectivity index is 2.07. The van der Waals surface area contributed by atoms with E-state index in [1.165, 1.54) is 29.2 Å². The summed E-state index contributed by atoms with van der Waals surface area (Å²) in [5.74, 6) is -1.05. The van der Waals surface area contributed by atoms with Crippen LogP contribution < -0.4 is 10.6 Å². The molecule has 0 saturated heterocycles. The second kappa shape index (κ2) is 8.53. The van der Waals surface area contributed by atoms with Crippen molar-refractivity contribution in [1.82, 2.24) is 0 Å². The van der Waals surface area contributed by atoms with Crippen molar-refractivity contribution in [3.05, 3.63) is 83.9 Å². The molecule has 3 aromatic rings. The van der Waals surface area contributed by atoms with Crippen LogP contribution in [0.3, 0.4) is 0 Å². The molecular weight excluding hydrogens is 386 g/mol. The number of nitrogens with zero attached hydrogens (tertiary/aromatic N) is 1. The number of rotatable bonds is 4. The Kier molecular flexibility index (Phi) is 6.06. The highest BCUT2D eigenvalue weighted by atomic mass is 19.1. The molecule has 0 aliphatic carbocycles. The molecule has 0 unspecified atom stereocenters. The molecule has 0 heterocycles. The molecule has 6 heteroatoms. The highest BCUT2D eigenvalue weighted by Crippen LogP contribution is 2.34. The smallest absolute Gasteiger partial charge is 0.415 e. The zero-order valence-corrected chi connectivity index (χ0v) is 17.2. The number of hydrogen-bond acceptors (Lipinski definition) is 3. The van der Waals surface area contributed by atoms with Gasteiger partial charge in [-0.2, -0.15) is 0 Å². The quantitative estimate of drug-likeness (QED) is 0.525. The molecule has 3 aromatic carbocycles. The molecule has 0 atom stereocenters. The van der Waals surface area contributed by atoms with Gasteiger partial charge in [0.25, 0.3) is 0 Å². The molecule has 0 aromatic heterocycles. The Hall–Kier alpha value is -3.41. The molecule has 2 N–H and O–H groups in total. The van der Waals surface area contributed by atoms with Crippen LogP contribution in [-0.2, 0) is 11.3 Å². The van der Waals surface area contributed by atoms with Gasteiger partial charge in [-0.25, -0.2) is 13.6 Å². The highest BCUT2D eigenvalue weighted by molar-refractivity contribution is 5.91. The van der Waals surface area contributed by atoms with Crippen LogP contribution in [0.4, 0.5) is 25.0 Å². The molecule has 0 aliphatic rings. The lowest BCUT2D eigenvalue weighted by atomic mass is 10.0. The first-order chi connectivity index (χ1) is 14.1. The van der Waals surface area contributed by atoms with E-state index in [2.05, 4.69) is 0 Å². The van der Waals surface area contributed by atoms with Crippen molar-refractivity contribution >= 4 is 17.5 Å². The Morgan fingerprint density at radius 3 is 2.23 bits per heavy atom. The number of carbonyl (C=O) groups is 1. The molecule has 1 amide bonds. The van der Waals surface area contributed by atoms with Crippen LogP contribution in [0, 0.1) is 11.6 Å². The Morgan fingerprint density at radius 2 is 1.63 bits per heavy atom. The summed E-state index contributed by atoms with van der Waals surface area (Å²) in [4.78, 5) is 14.1. The Bertz CT molecular complexity index is 1030. The SMILES string of the molecule is CC(C)(C)OC(=O)N(Cc1ccc(F)cc1)c1cc(-c2ccccc2)c(N)cc1F. The maximum absolute atomic E-state index is 15.0. The summed E-state index contributed by atoms with van der Waals surface area (Å²) in [6.07, 6.45) is -0.713. The zero-order chi connectivity index (χ0) is 21.9. The summed E-state index contributed by atoms with van der Waals surface area (Å²) in [7, 11) is 0. The summed E-state index contributed by atoms with van der Waals surface area (Å²) in [5.41, 5.74) is 7.58. The molecule has 4 nitrogen and oxygen atoms in total. The second-order valence-corrected chi connectivity index (χ2v) is 7.95. The minimum absolute atomic E-state index is 0.00423. The maximum Gasteiger partial charge on any atom is 0.415 e. The molecule has 0 spiro atoms. The number of hydrogen-bond donors (Lipinski definition) is 1. The maximum atomic E-state index is 15.0. The third-order valence-corrected chi connectivity index (χ3v) is 4.36. The Morgan fingerprint density at radius 1 is 1.00 bits per heavy atom. The van der Waals surface area contributed by atoms with E-state index in [9.17, 15) is 13.6 Å². The third kappa shape index (κ3) is 5.14. The summed E-state index contributed by atoms with van der Waals surface area (Å²) in [6.45, 7) is 5.20. The number of amides is 1. The number of halogens is 2. The van der Waals surface area contributed by atoms with E-state index in [4.69, 9.17) is 10.5 Å². The molecule has 3 rings (SSSR count). The van der Waals surface area contributed by atoms with Gasteiger partial charge in [0.05, 0.1) is 12.2 Å². The number of ether oxygens (including phenoxy) is 1. The lowest BCUT2D eigenvalue weighted by molar-refractivity contribution is 0.0576. The number of nitrogens with two attached hydrogens (primary N) is 1. The van der Waals surface area contributed by atoms with Crippen molar-refractivity contribution in [2.75, 3.05) is 10.6 Å². The average Bonchev–Trinajstić information content (AvgIpc) is 2.67. The monoisotopic (exact) mass is 410 g/mol. The summed E-state index contributed by atoms with van der Waals surface area (Å²) < 4.78 is 33.8. The minimum atomic E-state index is -0.773. The van der Waals surface area contributed by atoms with E-state index < -0.39 is 23.3 Å². The van der Waals surface area contributed by atoms with Crippen LogP contribution in [0.1, 0.15) is 26.3 Å². The van der Waals surface area contributed by atoms with Gasteiger partial charge < -0.3 is 10.5 Å². The van der Waals surface area contributed by atoms with Gasteiger partial charge in [0.2, 0.25) is 0 Å². The first kappa shape index (κ1) is 21.3. The van der Waals surface area contributed by atoms with Crippen LogP contribution in [-0.4, -0.2) is 11.7 Å². The first-order valence-electron chi connectivity index (χ1n) is 9.53. The normalized spacial score (nSPS) is 11.2. The predicted molar refractivity (Wildman–Crippen MR) is 115 cm³/mol. The molecule has 0 aliphatic heterocycles. The fraction of sp³-hybridized carbons (Fsp3) is 0.208. The number of nitrogen functional groups attached to an aromatic ring is 1. The van der Waals surface area contributed by atoms with Crippen LogP contribution in [0.2, 0.25) is 0 Å². The predicted octanol–water partition coefficient (Wildman–Crippen LogP) is 6.16. The molecule has 30 heavy (non-hydrogen) atoms. The molecule has 0 saturated carbocycles. The number of benzene rings is 3. The van der Waals surface area contributed by atoms with E-state index in [1.807, 2.05) is 30.3 Å². The van der Waals surface area contributed by atoms with Crippen LogP contribution in [0.5, 0.6) is 0 Å². The van der Waals surface area contributed by atoms with Crippen LogP contribution >= 0.6 is 0 Å². The fourth-order valence-corrected chi connectivity index (χ4v) is 2.99. The average molecular weight is 410 g/mol. The van der Waals surface area contributed by atoms with E-state index >= 15 is 0 Å². The largest absolute Gasteiger partial charge is 0.443 e. The van der Waals surface area contributed by atoms with E-state index in [-0.39, 0.29) is 17.9 Å². The zero-order valence-electron chi connectivity index (χ0n) is 17.2. The van der Waals surface area contributed by atoms with Gasteiger partial charge in [0.15, 0.2) is 0 Å². The summed E-state index contributed by atoms with van der Waals surface area (Å²) in [5, 5.41) is 0. The fourth-order valence-electron chi connectivity index (χ4n) is 2.99.